The first-order chi connectivity index (χ1) is 17.0. The van der Waals surface area contributed by atoms with Gasteiger partial charge in [0.1, 0.15) is 6.04 Å². The van der Waals surface area contributed by atoms with Crippen LogP contribution in [0.5, 0.6) is 5.88 Å². The Morgan fingerprint density at radius 1 is 1.03 bits per heavy atom. The number of nitrogens with two attached hydrogens (primary N) is 2. The number of amides is 1. The monoisotopic (exact) mass is 482 g/mol. The average Bonchev–Trinajstić information content (AvgIpc) is 3.64. The third kappa shape index (κ3) is 13.5. The molecule has 0 aromatic carbocycles. The van der Waals surface area contributed by atoms with Crippen molar-refractivity contribution in [3.05, 3.63) is 91.4 Å². The predicted octanol–water partition coefficient (Wildman–Crippen LogP) is 1.52. The molecule has 0 fully saturated rings. The van der Waals surface area contributed by atoms with E-state index in [4.69, 9.17) is 20.9 Å². The van der Waals surface area contributed by atoms with Crippen LogP contribution in [-0.2, 0) is 16.0 Å². The molecule has 0 bridgehead atoms. The van der Waals surface area contributed by atoms with Crippen molar-refractivity contribution in [1.82, 2.24) is 29.9 Å². The minimum atomic E-state index is -0.622. The molecule has 0 spiro atoms. The maximum absolute atomic E-state index is 11.1. The number of carbonyl (C=O) groups is 2. The van der Waals surface area contributed by atoms with Gasteiger partial charge in [-0.15, -0.1) is 0 Å². The number of rotatable bonds is 6. The van der Waals surface area contributed by atoms with E-state index in [9.17, 15) is 9.59 Å². The Hall–Kier alpha value is -4.58. The van der Waals surface area contributed by atoms with Gasteiger partial charge in [-0.2, -0.15) is 0 Å². The van der Waals surface area contributed by atoms with E-state index in [-0.39, 0.29) is 5.97 Å². The SMILES string of the molecule is CCOC(=O)C(N)Cc1c[nH]cn1.COc1ccccn1.NC(=O)c1cccnc1.c1c[nH]cn1. The number of pyridine rings is 2. The summed E-state index contributed by atoms with van der Waals surface area (Å²) < 4.78 is 9.55. The summed E-state index contributed by atoms with van der Waals surface area (Å²) in [4.78, 5) is 42.2. The molecule has 0 saturated carbocycles. The zero-order chi connectivity index (χ0) is 25.7. The highest BCUT2D eigenvalue weighted by atomic mass is 16.5. The third-order valence-electron chi connectivity index (χ3n) is 3.77. The van der Waals surface area contributed by atoms with Crippen LogP contribution < -0.4 is 16.2 Å². The van der Waals surface area contributed by atoms with Gasteiger partial charge < -0.3 is 30.9 Å². The fourth-order valence-electron chi connectivity index (χ4n) is 2.15. The first kappa shape index (κ1) is 28.5. The number of H-pyrrole nitrogens is 2. The second-order valence-electron chi connectivity index (χ2n) is 6.36. The van der Waals surface area contributed by atoms with Gasteiger partial charge >= 0.3 is 5.97 Å². The highest BCUT2D eigenvalue weighted by Crippen LogP contribution is 2.00. The highest BCUT2D eigenvalue weighted by molar-refractivity contribution is 5.92. The number of imidazole rings is 2. The molecule has 12 heteroatoms. The molecule has 0 radical (unpaired) electrons. The summed E-state index contributed by atoms with van der Waals surface area (Å²) in [5.74, 6) is -0.166. The molecule has 0 aliphatic heterocycles. The van der Waals surface area contributed by atoms with Crippen LogP contribution >= 0.6 is 0 Å². The first-order valence-corrected chi connectivity index (χ1v) is 10.4. The number of hydrogen-bond acceptors (Lipinski definition) is 9. The topological polar surface area (TPSA) is 188 Å². The molecule has 4 rings (SSSR count). The Morgan fingerprint density at radius 2 is 1.86 bits per heavy atom. The van der Waals surface area contributed by atoms with Crippen LogP contribution in [-0.4, -0.2) is 61.5 Å². The lowest BCUT2D eigenvalue weighted by atomic mass is 10.2. The van der Waals surface area contributed by atoms with Crippen LogP contribution in [0, 0.1) is 0 Å². The van der Waals surface area contributed by atoms with Gasteiger partial charge in [-0.1, -0.05) is 6.07 Å². The summed E-state index contributed by atoms with van der Waals surface area (Å²) >= 11 is 0. The van der Waals surface area contributed by atoms with E-state index in [2.05, 4.69) is 29.9 Å². The van der Waals surface area contributed by atoms with Gasteiger partial charge in [-0.3, -0.25) is 14.6 Å². The summed E-state index contributed by atoms with van der Waals surface area (Å²) in [6, 6.07) is 8.20. The van der Waals surface area contributed by atoms with Crippen molar-refractivity contribution in [2.45, 2.75) is 19.4 Å². The number of methoxy groups -OCH3 is 1. The maximum atomic E-state index is 11.1. The fourth-order valence-corrected chi connectivity index (χ4v) is 2.15. The van der Waals surface area contributed by atoms with Gasteiger partial charge in [0.05, 0.1) is 37.6 Å². The summed E-state index contributed by atoms with van der Waals surface area (Å²) in [6.07, 6.45) is 13.5. The Labute approximate surface area is 203 Å². The lowest BCUT2D eigenvalue weighted by molar-refractivity contribution is -0.144. The number of nitrogens with one attached hydrogen (secondary N) is 2. The first-order valence-electron chi connectivity index (χ1n) is 10.4. The van der Waals surface area contributed by atoms with Gasteiger partial charge in [-0.05, 0) is 25.1 Å². The largest absolute Gasteiger partial charge is 0.481 e. The number of aromatic amines is 2. The van der Waals surface area contributed by atoms with Gasteiger partial charge in [0.15, 0.2) is 0 Å². The second kappa shape index (κ2) is 17.9. The fraction of sp³-hybridized carbons (Fsp3) is 0.217. The Morgan fingerprint density at radius 3 is 2.26 bits per heavy atom. The van der Waals surface area contributed by atoms with Crippen molar-refractivity contribution in [3.8, 4) is 5.88 Å². The van der Waals surface area contributed by atoms with Crippen LogP contribution in [0.1, 0.15) is 23.0 Å². The zero-order valence-electron chi connectivity index (χ0n) is 19.6. The van der Waals surface area contributed by atoms with Crippen LogP contribution in [0.4, 0.5) is 0 Å². The molecule has 1 atom stereocenters. The highest BCUT2D eigenvalue weighted by Gasteiger charge is 2.15. The van der Waals surface area contributed by atoms with E-state index in [1.807, 2.05) is 12.1 Å². The molecular formula is C23H30N8O4. The molecule has 4 aromatic rings. The molecule has 6 N–H and O–H groups in total. The quantitative estimate of drug-likeness (QED) is 0.295. The van der Waals surface area contributed by atoms with E-state index in [0.29, 0.717) is 24.5 Å². The lowest BCUT2D eigenvalue weighted by Gasteiger charge is -2.07. The molecule has 1 unspecified atom stereocenters. The minimum Gasteiger partial charge on any atom is -0.481 e. The smallest absolute Gasteiger partial charge is 0.323 e. The van der Waals surface area contributed by atoms with Crippen LogP contribution in [0.25, 0.3) is 0 Å². The number of esters is 1. The lowest BCUT2D eigenvalue weighted by Crippen LogP contribution is -2.34. The molecule has 1 amide bonds. The number of ether oxygens (including phenoxy) is 2. The summed E-state index contributed by atoms with van der Waals surface area (Å²) in [7, 11) is 1.60. The number of nitrogens with zero attached hydrogens (tertiary/aromatic N) is 4. The van der Waals surface area contributed by atoms with Crippen molar-refractivity contribution in [3.63, 3.8) is 0 Å². The zero-order valence-corrected chi connectivity index (χ0v) is 19.6. The van der Waals surface area contributed by atoms with Crippen molar-refractivity contribution in [2.75, 3.05) is 13.7 Å². The minimum absolute atomic E-state index is 0.354. The van der Waals surface area contributed by atoms with Gasteiger partial charge in [0.2, 0.25) is 11.8 Å². The van der Waals surface area contributed by atoms with E-state index in [1.54, 1.807) is 75.9 Å². The molecule has 0 aliphatic rings. The van der Waals surface area contributed by atoms with Crippen LogP contribution in [0.2, 0.25) is 0 Å². The van der Waals surface area contributed by atoms with E-state index in [0.717, 1.165) is 5.69 Å². The van der Waals surface area contributed by atoms with Crippen LogP contribution in [0.15, 0.2) is 80.2 Å². The van der Waals surface area contributed by atoms with Gasteiger partial charge in [-0.25, -0.2) is 15.0 Å². The number of carbonyl (C=O) groups excluding carboxylic acids is 2. The standard InChI is InChI=1S/C8H13N3O2.C6H6N2O.C6H7NO.C3H4N2/c1-2-13-8(12)7(9)3-6-4-10-5-11-6;7-6(9)5-2-1-3-8-4-5;1-8-6-4-2-3-5-7-6;1-2-5-3-4-1/h4-5,7H,2-3,9H2,1H3,(H,10,11);1-4H,(H2,7,9);2-5H,1H3;1-3H,(H,4,5). The Bertz CT molecular complexity index is 1010. The Kier molecular flexibility index (Phi) is 14.6. The summed E-state index contributed by atoms with van der Waals surface area (Å²) in [6.45, 7) is 2.10. The van der Waals surface area contributed by atoms with E-state index in [1.165, 1.54) is 6.20 Å². The summed E-state index contributed by atoms with van der Waals surface area (Å²) in [5, 5.41) is 0. The van der Waals surface area contributed by atoms with Crippen molar-refractivity contribution in [1.29, 1.82) is 0 Å². The Balaban J connectivity index is 0.000000245. The van der Waals surface area contributed by atoms with Gasteiger partial charge in [0, 0.05) is 49.7 Å². The van der Waals surface area contributed by atoms with E-state index >= 15 is 0 Å². The van der Waals surface area contributed by atoms with Crippen molar-refractivity contribution >= 4 is 11.9 Å². The van der Waals surface area contributed by atoms with Crippen LogP contribution in [0.3, 0.4) is 0 Å². The predicted molar refractivity (Wildman–Crippen MR) is 129 cm³/mol. The van der Waals surface area contributed by atoms with Crippen molar-refractivity contribution < 1.29 is 19.1 Å². The molecule has 186 valence electrons. The van der Waals surface area contributed by atoms with E-state index < -0.39 is 11.9 Å². The third-order valence-corrected chi connectivity index (χ3v) is 3.77. The molecule has 12 nitrogen and oxygen atoms in total. The molecule has 4 heterocycles. The number of primary amides is 1. The van der Waals surface area contributed by atoms with Gasteiger partial charge in [0.25, 0.3) is 0 Å². The molecule has 0 saturated heterocycles. The van der Waals surface area contributed by atoms with Crippen molar-refractivity contribution in [2.24, 2.45) is 11.5 Å². The average molecular weight is 483 g/mol. The number of aromatic nitrogens is 6. The number of hydrogen-bond donors (Lipinski definition) is 4. The summed E-state index contributed by atoms with van der Waals surface area (Å²) in [5.41, 5.74) is 11.7. The maximum Gasteiger partial charge on any atom is 0.323 e. The molecule has 4 aromatic heterocycles. The second-order valence-corrected chi connectivity index (χ2v) is 6.36. The molecular weight excluding hydrogens is 452 g/mol. The molecule has 35 heavy (non-hydrogen) atoms. The molecule has 0 aliphatic carbocycles. The normalized spacial score (nSPS) is 10.0.